The molecular weight excluding hydrogens is 230 g/mol. The minimum absolute atomic E-state index is 0.0498. The van der Waals surface area contributed by atoms with Gasteiger partial charge in [-0.2, -0.15) is 0 Å². The van der Waals surface area contributed by atoms with Crippen molar-refractivity contribution in [3.63, 3.8) is 0 Å². The molecule has 5 nitrogen and oxygen atoms in total. The predicted molar refractivity (Wildman–Crippen MR) is 72.4 cm³/mol. The van der Waals surface area contributed by atoms with E-state index in [9.17, 15) is 4.79 Å². The van der Waals surface area contributed by atoms with Crippen molar-refractivity contribution < 1.29 is 9.53 Å². The van der Waals surface area contributed by atoms with Gasteiger partial charge < -0.3 is 20.3 Å². The predicted octanol–water partition coefficient (Wildman–Crippen LogP) is 0.293. The largest absolute Gasteiger partial charge is 0.370 e. The third kappa shape index (κ3) is 4.23. The molecule has 0 radical (unpaired) electrons. The van der Waals surface area contributed by atoms with Gasteiger partial charge in [0.05, 0.1) is 0 Å². The number of likely N-dealkylation sites (N-methyl/N-ethyl adjacent to an activating group) is 1. The van der Waals surface area contributed by atoms with Crippen LogP contribution in [0.1, 0.15) is 25.7 Å². The summed E-state index contributed by atoms with van der Waals surface area (Å²) in [4.78, 5) is 16.5. The lowest BCUT2D eigenvalue weighted by atomic mass is 10.1. The summed E-state index contributed by atoms with van der Waals surface area (Å²) in [6, 6.07) is 0.377. The van der Waals surface area contributed by atoms with Crippen molar-refractivity contribution in [3.05, 3.63) is 0 Å². The van der Waals surface area contributed by atoms with Gasteiger partial charge in [-0.05, 0) is 26.9 Å². The molecule has 1 atom stereocenters. The van der Waals surface area contributed by atoms with E-state index in [-0.39, 0.29) is 12.5 Å². The van der Waals surface area contributed by atoms with E-state index in [4.69, 9.17) is 10.5 Å². The van der Waals surface area contributed by atoms with Crippen LogP contribution in [-0.4, -0.2) is 68.7 Å². The topological polar surface area (TPSA) is 58.8 Å². The molecule has 18 heavy (non-hydrogen) atoms. The summed E-state index contributed by atoms with van der Waals surface area (Å²) in [6.45, 7) is 1.89. The maximum atomic E-state index is 12.4. The highest BCUT2D eigenvalue weighted by molar-refractivity contribution is 5.81. The van der Waals surface area contributed by atoms with Crippen LogP contribution in [0.25, 0.3) is 0 Å². The number of ether oxygens (including phenoxy) is 1. The molecule has 2 N–H and O–H groups in total. The Bertz CT molecular complexity index is 249. The van der Waals surface area contributed by atoms with E-state index in [1.807, 2.05) is 19.0 Å². The second-order valence-electron chi connectivity index (χ2n) is 5.23. The lowest BCUT2D eigenvalue weighted by Gasteiger charge is -2.32. The Morgan fingerprint density at radius 2 is 1.94 bits per heavy atom. The van der Waals surface area contributed by atoms with Gasteiger partial charge in [0.25, 0.3) is 5.91 Å². The summed E-state index contributed by atoms with van der Waals surface area (Å²) >= 11 is 0. The molecule has 5 heteroatoms. The Morgan fingerprint density at radius 3 is 2.39 bits per heavy atom. The van der Waals surface area contributed by atoms with Crippen LogP contribution in [-0.2, 0) is 9.53 Å². The minimum Gasteiger partial charge on any atom is -0.370 e. The monoisotopic (exact) mass is 257 g/mol. The van der Waals surface area contributed by atoms with Gasteiger partial charge in [-0.3, -0.25) is 4.79 Å². The van der Waals surface area contributed by atoms with Gasteiger partial charge in [0.15, 0.2) is 0 Å². The molecule has 1 unspecified atom stereocenters. The minimum atomic E-state index is -0.493. The van der Waals surface area contributed by atoms with Crippen molar-refractivity contribution in [1.29, 1.82) is 0 Å². The van der Waals surface area contributed by atoms with Crippen LogP contribution in [0.2, 0.25) is 0 Å². The molecule has 0 bridgehead atoms. The zero-order chi connectivity index (χ0) is 13.5. The molecule has 0 aliphatic heterocycles. The van der Waals surface area contributed by atoms with Crippen LogP contribution in [0.5, 0.6) is 0 Å². The SMILES string of the molecule is COC(CN)C(=O)N(CCN(C)C)C1CCCC1. The van der Waals surface area contributed by atoms with Crippen molar-refractivity contribution >= 4 is 5.91 Å². The summed E-state index contributed by atoms with van der Waals surface area (Å²) < 4.78 is 5.18. The second-order valence-corrected chi connectivity index (χ2v) is 5.23. The lowest BCUT2D eigenvalue weighted by Crippen LogP contribution is -2.49. The summed E-state index contributed by atoms with van der Waals surface area (Å²) in [5.41, 5.74) is 5.59. The molecule has 1 aliphatic carbocycles. The van der Waals surface area contributed by atoms with Crippen LogP contribution < -0.4 is 5.73 Å². The summed E-state index contributed by atoms with van der Waals surface area (Å²) in [7, 11) is 5.59. The molecule has 0 aromatic heterocycles. The molecule has 0 heterocycles. The summed E-state index contributed by atoms with van der Waals surface area (Å²) in [5, 5.41) is 0. The first-order chi connectivity index (χ1) is 8.60. The fourth-order valence-electron chi connectivity index (χ4n) is 2.48. The Hall–Kier alpha value is -0.650. The highest BCUT2D eigenvalue weighted by Gasteiger charge is 2.30. The first-order valence-electron chi connectivity index (χ1n) is 6.78. The number of carbonyl (C=O) groups is 1. The second kappa shape index (κ2) is 7.71. The highest BCUT2D eigenvalue weighted by atomic mass is 16.5. The van der Waals surface area contributed by atoms with Gasteiger partial charge >= 0.3 is 0 Å². The number of nitrogens with zero attached hydrogens (tertiary/aromatic N) is 2. The molecule has 1 amide bonds. The van der Waals surface area contributed by atoms with Crippen LogP contribution in [0.4, 0.5) is 0 Å². The quantitative estimate of drug-likeness (QED) is 0.712. The number of hydrogen-bond donors (Lipinski definition) is 1. The maximum Gasteiger partial charge on any atom is 0.253 e. The van der Waals surface area contributed by atoms with E-state index in [1.165, 1.54) is 12.8 Å². The van der Waals surface area contributed by atoms with E-state index in [0.29, 0.717) is 6.04 Å². The highest BCUT2D eigenvalue weighted by Crippen LogP contribution is 2.24. The number of rotatable bonds is 7. The average Bonchev–Trinajstić information content (AvgIpc) is 2.84. The first kappa shape index (κ1) is 15.4. The van der Waals surface area contributed by atoms with E-state index in [2.05, 4.69) is 4.90 Å². The summed E-state index contributed by atoms with van der Waals surface area (Å²) in [5.74, 6) is 0.0498. The number of amides is 1. The third-order valence-corrected chi connectivity index (χ3v) is 3.61. The summed E-state index contributed by atoms with van der Waals surface area (Å²) in [6.07, 6.45) is 4.17. The molecule has 106 valence electrons. The molecule has 0 saturated heterocycles. The molecular formula is C13H27N3O2. The maximum absolute atomic E-state index is 12.4. The van der Waals surface area contributed by atoms with E-state index in [0.717, 1.165) is 25.9 Å². The van der Waals surface area contributed by atoms with E-state index >= 15 is 0 Å². The first-order valence-corrected chi connectivity index (χ1v) is 6.78. The van der Waals surface area contributed by atoms with Gasteiger partial charge in [-0.25, -0.2) is 0 Å². The Kier molecular flexibility index (Phi) is 6.60. The number of hydrogen-bond acceptors (Lipinski definition) is 4. The van der Waals surface area contributed by atoms with E-state index in [1.54, 1.807) is 7.11 Å². The number of nitrogens with two attached hydrogens (primary N) is 1. The number of methoxy groups -OCH3 is 1. The zero-order valence-electron chi connectivity index (χ0n) is 11.9. The fraction of sp³-hybridized carbons (Fsp3) is 0.923. The van der Waals surface area contributed by atoms with Crippen molar-refractivity contribution in [3.8, 4) is 0 Å². The van der Waals surface area contributed by atoms with Crippen LogP contribution >= 0.6 is 0 Å². The third-order valence-electron chi connectivity index (χ3n) is 3.61. The molecule has 1 aliphatic rings. The Labute approximate surface area is 110 Å². The molecule has 0 spiro atoms. The number of carbonyl (C=O) groups excluding carboxylic acids is 1. The van der Waals surface area contributed by atoms with Crippen LogP contribution in [0, 0.1) is 0 Å². The standard InChI is InChI=1S/C13H27N3O2/c1-15(2)8-9-16(11-6-4-5-7-11)13(17)12(10-14)18-3/h11-12H,4-10,14H2,1-3H3. The van der Waals surface area contributed by atoms with Gasteiger partial charge in [-0.1, -0.05) is 12.8 Å². The van der Waals surface area contributed by atoms with Crippen molar-refractivity contribution in [2.45, 2.75) is 37.8 Å². The van der Waals surface area contributed by atoms with Gasteiger partial charge in [-0.15, -0.1) is 0 Å². The van der Waals surface area contributed by atoms with Crippen LogP contribution in [0.15, 0.2) is 0 Å². The van der Waals surface area contributed by atoms with Gasteiger partial charge in [0, 0.05) is 32.8 Å². The Balaban J connectivity index is 2.65. The zero-order valence-corrected chi connectivity index (χ0v) is 11.9. The smallest absolute Gasteiger partial charge is 0.253 e. The molecule has 1 rings (SSSR count). The molecule has 0 aromatic rings. The Morgan fingerprint density at radius 1 is 1.33 bits per heavy atom. The van der Waals surface area contributed by atoms with Gasteiger partial charge in [0.2, 0.25) is 0 Å². The normalized spacial score (nSPS) is 18.3. The average molecular weight is 257 g/mol. The molecule has 1 fully saturated rings. The van der Waals surface area contributed by atoms with Crippen molar-refractivity contribution in [1.82, 2.24) is 9.80 Å². The van der Waals surface area contributed by atoms with Crippen molar-refractivity contribution in [2.24, 2.45) is 5.73 Å². The molecule has 1 saturated carbocycles. The van der Waals surface area contributed by atoms with Gasteiger partial charge in [0.1, 0.15) is 6.10 Å². The fourth-order valence-corrected chi connectivity index (χ4v) is 2.48. The molecule has 0 aromatic carbocycles. The van der Waals surface area contributed by atoms with E-state index < -0.39 is 6.10 Å². The van der Waals surface area contributed by atoms with Crippen LogP contribution in [0.3, 0.4) is 0 Å². The lowest BCUT2D eigenvalue weighted by molar-refractivity contribution is -0.143. The van der Waals surface area contributed by atoms with Crippen molar-refractivity contribution in [2.75, 3.05) is 40.8 Å².